The second-order valence-corrected chi connectivity index (χ2v) is 17.1. The van der Waals surface area contributed by atoms with Crippen LogP contribution < -0.4 is 0 Å². The van der Waals surface area contributed by atoms with E-state index in [0.717, 1.165) is 62.6 Å². The van der Waals surface area contributed by atoms with Crippen molar-refractivity contribution in [2.75, 3.05) is 0 Å². The van der Waals surface area contributed by atoms with Gasteiger partial charge in [-0.15, -0.1) is 0 Å². The number of carbonyl (C=O) groups excluding carboxylic acids is 3. The van der Waals surface area contributed by atoms with Gasteiger partial charge in [0.2, 0.25) is 5.70 Å². The molecule has 0 aliphatic heterocycles. The number of carbonyl (C=O) groups is 3. The summed E-state index contributed by atoms with van der Waals surface area (Å²) in [7, 11) is 0. The Bertz CT molecular complexity index is 1510. The molecule has 6 rings (SSSR count). The molecule has 5 nitrogen and oxygen atoms in total. The van der Waals surface area contributed by atoms with Crippen LogP contribution in [0.2, 0.25) is 0 Å². The van der Waals surface area contributed by atoms with Crippen LogP contribution in [0.3, 0.4) is 0 Å². The van der Waals surface area contributed by atoms with Crippen molar-refractivity contribution in [1.29, 1.82) is 0 Å². The van der Waals surface area contributed by atoms with Crippen molar-refractivity contribution in [3.8, 4) is 0 Å². The normalized spacial score (nSPS) is 40.3. The van der Waals surface area contributed by atoms with E-state index >= 15 is 0 Å². The quantitative estimate of drug-likeness (QED) is 0.320. The minimum absolute atomic E-state index is 0.00559. The second-order valence-electron chi connectivity index (χ2n) is 17.1. The molecule has 0 spiro atoms. The van der Waals surface area contributed by atoms with Gasteiger partial charge in [-0.2, -0.15) is 0 Å². The SMILES string of the molecule is [C-]#[N+]C1=C[C@]2(C)C3=CC(=O)[C@@H]4[C@@H]5CC(C)(C)CC[C@]5(CCC(=O)Cc5ccccn5)CC[C@@]4(C)[C@]3(C)CC[C@H]2C(C)(C)C1=O. The fourth-order valence-electron chi connectivity index (χ4n) is 11.3. The van der Waals surface area contributed by atoms with Gasteiger partial charge in [0, 0.05) is 41.5 Å². The maximum atomic E-state index is 14.7. The predicted molar refractivity (Wildman–Crippen MR) is 172 cm³/mol. The Morgan fingerprint density at radius 3 is 2.41 bits per heavy atom. The van der Waals surface area contributed by atoms with Crippen molar-refractivity contribution in [2.24, 2.45) is 50.2 Å². The molecule has 0 aromatic carbocycles. The van der Waals surface area contributed by atoms with Crippen molar-refractivity contribution in [3.05, 3.63) is 64.9 Å². The van der Waals surface area contributed by atoms with Gasteiger partial charge in [0.15, 0.2) is 11.6 Å². The van der Waals surface area contributed by atoms with Gasteiger partial charge < -0.3 is 4.79 Å². The summed E-state index contributed by atoms with van der Waals surface area (Å²) < 4.78 is 0. The monoisotopic (exact) mass is 594 g/mol. The molecule has 1 aromatic heterocycles. The number of aromatic nitrogens is 1. The summed E-state index contributed by atoms with van der Waals surface area (Å²) in [6.45, 7) is 23.5. The molecule has 5 aliphatic rings. The number of fused-ring (bicyclic) bond motifs is 7. The molecule has 5 aliphatic carbocycles. The Labute approximate surface area is 264 Å². The Balaban J connectivity index is 1.39. The van der Waals surface area contributed by atoms with Gasteiger partial charge in [-0.05, 0) is 103 Å². The maximum Gasteiger partial charge on any atom is 0.226 e. The highest BCUT2D eigenvalue weighted by Crippen LogP contribution is 2.75. The second kappa shape index (κ2) is 10.1. The first-order valence-corrected chi connectivity index (χ1v) is 16.9. The third-order valence-corrected chi connectivity index (χ3v) is 14.0. The highest BCUT2D eigenvalue weighted by atomic mass is 16.1. The van der Waals surface area contributed by atoms with E-state index < -0.39 is 10.8 Å². The summed E-state index contributed by atoms with van der Waals surface area (Å²) in [6, 6.07) is 5.74. The van der Waals surface area contributed by atoms with Crippen molar-refractivity contribution < 1.29 is 14.4 Å². The highest BCUT2D eigenvalue weighted by molar-refractivity contribution is 6.03. The molecule has 44 heavy (non-hydrogen) atoms. The third-order valence-electron chi connectivity index (χ3n) is 14.0. The first-order valence-electron chi connectivity index (χ1n) is 16.9. The van der Waals surface area contributed by atoms with Crippen molar-refractivity contribution >= 4 is 17.3 Å². The van der Waals surface area contributed by atoms with Crippen LogP contribution in [0.4, 0.5) is 0 Å². The van der Waals surface area contributed by atoms with Gasteiger partial charge in [-0.3, -0.25) is 14.6 Å². The molecule has 3 fully saturated rings. The van der Waals surface area contributed by atoms with Crippen LogP contribution in [0, 0.1) is 56.8 Å². The summed E-state index contributed by atoms with van der Waals surface area (Å²) >= 11 is 0. The van der Waals surface area contributed by atoms with Crippen molar-refractivity contribution in [1.82, 2.24) is 4.98 Å². The lowest BCUT2D eigenvalue weighted by Gasteiger charge is -2.69. The average Bonchev–Trinajstić information content (AvgIpc) is 2.96. The van der Waals surface area contributed by atoms with E-state index in [-0.39, 0.29) is 62.5 Å². The molecule has 0 N–H and O–H groups in total. The molecule has 0 saturated heterocycles. The summed E-state index contributed by atoms with van der Waals surface area (Å²) in [5.74, 6) is 0.622. The molecule has 7 atom stereocenters. The van der Waals surface area contributed by atoms with Gasteiger partial charge in [-0.25, -0.2) is 4.85 Å². The number of Topliss-reactive ketones (excluding diaryl/α,β-unsaturated/α-hetero) is 2. The Hall–Kier alpha value is -2.87. The first-order chi connectivity index (χ1) is 20.5. The molecule has 1 heterocycles. The molecule has 0 bridgehead atoms. The molecule has 3 saturated carbocycles. The van der Waals surface area contributed by atoms with E-state index in [1.807, 2.05) is 44.2 Å². The number of nitrogens with zero attached hydrogens (tertiary/aromatic N) is 2. The highest BCUT2D eigenvalue weighted by Gasteiger charge is 2.69. The van der Waals surface area contributed by atoms with E-state index in [0.29, 0.717) is 12.8 Å². The molecular formula is C39H50N2O3. The number of ketones is 3. The van der Waals surface area contributed by atoms with Crippen LogP contribution in [0.1, 0.15) is 112 Å². The first kappa shape index (κ1) is 31.1. The van der Waals surface area contributed by atoms with Crippen molar-refractivity contribution in [2.45, 2.75) is 113 Å². The fraction of sp³-hybridized carbons (Fsp3) is 0.667. The number of hydrogen-bond donors (Lipinski definition) is 0. The lowest BCUT2D eigenvalue weighted by molar-refractivity contribution is -0.172. The minimum Gasteiger partial charge on any atom is -0.307 e. The zero-order chi connectivity index (χ0) is 31.9. The van der Waals surface area contributed by atoms with E-state index in [9.17, 15) is 14.4 Å². The van der Waals surface area contributed by atoms with E-state index in [1.54, 1.807) is 6.20 Å². The topological polar surface area (TPSA) is 68.5 Å². The molecule has 0 amide bonds. The molecule has 234 valence electrons. The van der Waals surface area contributed by atoms with E-state index in [1.165, 1.54) is 0 Å². The fourth-order valence-corrected chi connectivity index (χ4v) is 11.3. The Morgan fingerprint density at radius 1 is 1.00 bits per heavy atom. The summed E-state index contributed by atoms with van der Waals surface area (Å²) in [4.78, 5) is 49.4. The van der Waals surface area contributed by atoms with E-state index in [2.05, 4.69) is 44.4 Å². The zero-order valence-electron chi connectivity index (χ0n) is 27.9. The van der Waals surface area contributed by atoms with Gasteiger partial charge in [0.1, 0.15) is 5.78 Å². The molecule has 5 heteroatoms. The lowest BCUT2D eigenvalue weighted by Crippen LogP contribution is -2.64. The van der Waals surface area contributed by atoms with Gasteiger partial charge >= 0.3 is 0 Å². The number of rotatable bonds is 5. The van der Waals surface area contributed by atoms with Crippen molar-refractivity contribution in [3.63, 3.8) is 0 Å². The van der Waals surface area contributed by atoms with Crippen LogP contribution >= 0.6 is 0 Å². The van der Waals surface area contributed by atoms with Gasteiger partial charge in [0.25, 0.3) is 0 Å². The van der Waals surface area contributed by atoms with E-state index in [4.69, 9.17) is 6.57 Å². The molecule has 0 radical (unpaired) electrons. The largest absolute Gasteiger partial charge is 0.307 e. The summed E-state index contributed by atoms with van der Waals surface area (Å²) in [6.07, 6.45) is 14.5. The summed E-state index contributed by atoms with van der Waals surface area (Å²) in [5.41, 5.74) is 0.765. The lowest BCUT2D eigenvalue weighted by atomic mass is 9.34. The molecule has 0 unspecified atom stereocenters. The zero-order valence-corrected chi connectivity index (χ0v) is 27.9. The minimum atomic E-state index is -0.650. The summed E-state index contributed by atoms with van der Waals surface area (Å²) in [5, 5.41) is 0. The number of pyridine rings is 1. The Kier molecular flexibility index (Phi) is 7.12. The standard InChI is InChI=1S/C39H50N2O3/c1-34(2)16-18-39(15-12-26(42)21-25-11-9-10-20-41-25)19-17-38(7)32(27(39)23-34)29(43)22-31-36(5)24-28(40-8)33(44)35(3,4)30(36)13-14-37(31,38)6/h9-11,20,22,24,27,30,32H,12-19,21,23H2,1-7H3/t27-,30-,32-,36-,37+,38+,39+/m0/s1. The molecule has 1 aromatic rings. The smallest absolute Gasteiger partial charge is 0.226 e. The predicted octanol–water partition coefficient (Wildman–Crippen LogP) is 8.55. The van der Waals surface area contributed by atoms with Crippen LogP contribution in [0.15, 0.2) is 47.8 Å². The van der Waals surface area contributed by atoms with Crippen LogP contribution in [0.25, 0.3) is 4.85 Å². The van der Waals surface area contributed by atoms with Crippen LogP contribution in [-0.4, -0.2) is 22.3 Å². The number of hydrogen-bond acceptors (Lipinski definition) is 4. The Morgan fingerprint density at radius 2 is 1.73 bits per heavy atom. The van der Waals surface area contributed by atoms with Crippen LogP contribution in [-0.2, 0) is 20.8 Å². The van der Waals surface area contributed by atoms with Gasteiger partial charge in [0.05, 0.1) is 6.57 Å². The molecular weight excluding hydrogens is 544 g/mol. The van der Waals surface area contributed by atoms with Gasteiger partial charge in [-0.1, -0.05) is 66.2 Å². The van der Waals surface area contributed by atoms with Crippen LogP contribution in [0.5, 0.6) is 0 Å². The third kappa shape index (κ3) is 4.37. The average molecular weight is 595 g/mol. The number of allylic oxidation sites excluding steroid dienone is 4. The maximum absolute atomic E-state index is 14.7.